The fraction of sp³-hybridized carbons (Fsp3) is 0.353. The number of hydrogen-bond donors (Lipinski definition) is 1. The van der Waals surface area contributed by atoms with Crippen molar-refractivity contribution in [2.45, 2.75) is 19.5 Å². The van der Waals surface area contributed by atoms with Crippen molar-refractivity contribution in [2.75, 3.05) is 25.1 Å². The van der Waals surface area contributed by atoms with Gasteiger partial charge in [0.25, 0.3) is 0 Å². The highest BCUT2D eigenvalue weighted by Gasteiger charge is 2.27. The minimum Gasteiger partial charge on any atom is -0.486 e. The SMILES string of the molecule is CC1c2cccn2CCN1C(=O)Nc1ccc2c(c1)OCCO2. The van der Waals surface area contributed by atoms with Crippen LogP contribution < -0.4 is 14.8 Å². The molecule has 2 amide bonds. The van der Waals surface area contributed by atoms with Crippen molar-refractivity contribution in [3.63, 3.8) is 0 Å². The molecule has 120 valence electrons. The third-order valence-electron chi connectivity index (χ3n) is 4.40. The molecular formula is C17H19N3O3. The van der Waals surface area contributed by atoms with E-state index in [0.717, 1.165) is 18.0 Å². The molecule has 1 aromatic heterocycles. The minimum absolute atomic E-state index is 0.0518. The molecule has 0 fully saturated rings. The van der Waals surface area contributed by atoms with Gasteiger partial charge in [-0.25, -0.2) is 4.79 Å². The van der Waals surface area contributed by atoms with E-state index in [1.54, 1.807) is 0 Å². The number of ether oxygens (including phenoxy) is 2. The van der Waals surface area contributed by atoms with Gasteiger partial charge in [0.1, 0.15) is 13.2 Å². The molecule has 1 N–H and O–H groups in total. The second kappa shape index (κ2) is 5.53. The molecule has 2 aliphatic heterocycles. The van der Waals surface area contributed by atoms with Crippen molar-refractivity contribution in [3.8, 4) is 11.5 Å². The molecule has 1 unspecified atom stereocenters. The highest BCUT2D eigenvalue weighted by atomic mass is 16.6. The maximum Gasteiger partial charge on any atom is 0.322 e. The van der Waals surface area contributed by atoms with Crippen LogP contribution in [0.1, 0.15) is 18.7 Å². The van der Waals surface area contributed by atoms with Crippen molar-refractivity contribution in [1.82, 2.24) is 9.47 Å². The topological polar surface area (TPSA) is 55.7 Å². The van der Waals surface area contributed by atoms with Crippen LogP contribution in [0.5, 0.6) is 11.5 Å². The summed E-state index contributed by atoms with van der Waals surface area (Å²) in [5.41, 5.74) is 1.88. The summed E-state index contributed by atoms with van der Waals surface area (Å²) in [7, 11) is 0. The van der Waals surface area contributed by atoms with E-state index in [4.69, 9.17) is 9.47 Å². The van der Waals surface area contributed by atoms with Crippen LogP contribution in [0.15, 0.2) is 36.5 Å². The lowest BCUT2D eigenvalue weighted by Gasteiger charge is -2.34. The van der Waals surface area contributed by atoms with E-state index in [9.17, 15) is 4.79 Å². The van der Waals surface area contributed by atoms with Crippen LogP contribution in [0, 0.1) is 0 Å². The monoisotopic (exact) mass is 313 g/mol. The molecule has 0 saturated heterocycles. The second-order valence-corrected chi connectivity index (χ2v) is 5.78. The molecule has 4 rings (SSSR count). The van der Waals surface area contributed by atoms with E-state index < -0.39 is 0 Å². The lowest BCUT2D eigenvalue weighted by Crippen LogP contribution is -2.43. The van der Waals surface area contributed by atoms with Gasteiger partial charge >= 0.3 is 6.03 Å². The molecule has 23 heavy (non-hydrogen) atoms. The first-order valence-electron chi connectivity index (χ1n) is 7.85. The Morgan fingerprint density at radius 2 is 2.00 bits per heavy atom. The molecule has 0 saturated carbocycles. The van der Waals surface area contributed by atoms with Crippen molar-refractivity contribution in [2.24, 2.45) is 0 Å². The quantitative estimate of drug-likeness (QED) is 0.881. The van der Waals surface area contributed by atoms with Crippen LogP contribution in [0.4, 0.5) is 10.5 Å². The zero-order valence-corrected chi connectivity index (χ0v) is 13.0. The van der Waals surface area contributed by atoms with Gasteiger partial charge in [-0.15, -0.1) is 0 Å². The van der Waals surface area contributed by atoms with Crippen molar-refractivity contribution >= 4 is 11.7 Å². The second-order valence-electron chi connectivity index (χ2n) is 5.78. The van der Waals surface area contributed by atoms with Crippen molar-refractivity contribution in [1.29, 1.82) is 0 Å². The van der Waals surface area contributed by atoms with Crippen molar-refractivity contribution in [3.05, 3.63) is 42.2 Å². The summed E-state index contributed by atoms with van der Waals surface area (Å²) in [5, 5.41) is 2.96. The summed E-state index contributed by atoms with van der Waals surface area (Å²) in [6, 6.07) is 9.52. The number of urea groups is 1. The lowest BCUT2D eigenvalue weighted by atomic mass is 10.1. The van der Waals surface area contributed by atoms with Gasteiger partial charge in [0.2, 0.25) is 0 Å². The number of rotatable bonds is 1. The number of nitrogens with one attached hydrogen (secondary N) is 1. The van der Waals surface area contributed by atoms with Crippen LogP contribution in [0.25, 0.3) is 0 Å². The number of anilines is 1. The first-order valence-corrected chi connectivity index (χ1v) is 7.85. The molecule has 3 heterocycles. The van der Waals surface area contributed by atoms with Gasteiger partial charge in [-0.2, -0.15) is 0 Å². The predicted molar refractivity (Wildman–Crippen MR) is 86.0 cm³/mol. The number of carbonyl (C=O) groups is 1. The number of aromatic nitrogens is 1. The van der Waals surface area contributed by atoms with Gasteiger partial charge in [0.05, 0.1) is 6.04 Å². The van der Waals surface area contributed by atoms with Crippen LogP contribution in [-0.4, -0.2) is 35.3 Å². The van der Waals surface area contributed by atoms with E-state index in [0.29, 0.717) is 31.2 Å². The van der Waals surface area contributed by atoms with Gasteiger partial charge in [0.15, 0.2) is 11.5 Å². The number of nitrogens with zero attached hydrogens (tertiary/aromatic N) is 2. The van der Waals surface area contributed by atoms with E-state index in [1.165, 1.54) is 0 Å². The molecule has 2 aromatic rings. The molecule has 1 aromatic carbocycles. The number of carbonyl (C=O) groups excluding carboxylic acids is 1. The first-order chi connectivity index (χ1) is 11.2. The average Bonchev–Trinajstić information content (AvgIpc) is 3.04. The Morgan fingerprint density at radius 1 is 1.17 bits per heavy atom. The largest absolute Gasteiger partial charge is 0.486 e. The zero-order chi connectivity index (χ0) is 15.8. The van der Waals surface area contributed by atoms with Gasteiger partial charge in [-0.1, -0.05) is 0 Å². The average molecular weight is 313 g/mol. The Morgan fingerprint density at radius 3 is 2.87 bits per heavy atom. The number of amides is 2. The smallest absolute Gasteiger partial charge is 0.322 e. The fourth-order valence-corrected chi connectivity index (χ4v) is 3.17. The van der Waals surface area contributed by atoms with Gasteiger partial charge in [0, 0.05) is 36.7 Å². The van der Waals surface area contributed by atoms with Crippen LogP contribution in [0.3, 0.4) is 0 Å². The Balaban J connectivity index is 1.50. The molecular weight excluding hydrogens is 294 g/mol. The number of hydrogen-bond acceptors (Lipinski definition) is 3. The minimum atomic E-state index is -0.0957. The van der Waals surface area contributed by atoms with Gasteiger partial charge in [-0.3, -0.25) is 0 Å². The summed E-state index contributed by atoms with van der Waals surface area (Å²) < 4.78 is 13.2. The zero-order valence-electron chi connectivity index (χ0n) is 13.0. The molecule has 0 bridgehead atoms. The van der Waals surface area contributed by atoms with E-state index in [-0.39, 0.29) is 12.1 Å². The maximum atomic E-state index is 12.6. The molecule has 2 aliphatic rings. The third-order valence-corrected chi connectivity index (χ3v) is 4.40. The standard InChI is InChI=1S/C17H19N3O3/c1-12-14-3-2-6-19(14)7-8-20(12)17(21)18-13-4-5-15-16(11-13)23-10-9-22-15/h2-6,11-12H,7-10H2,1H3,(H,18,21). The first kappa shape index (κ1) is 14.0. The molecule has 0 spiro atoms. The maximum absolute atomic E-state index is 12.6. The normalized spacial score (nSPS) is 19.2. The summed E-state index contributed by atoms with van der Waals surface area (Å²) in [6.45, 7) is 4.66. The Hall–Kier alpha value is -2.63. The summed E-state index contributed by atoms with van der Waals surface area (Å²) in [4.78, 5) is 14.5. The van der Waals surface area contributed by atoms with E-state index in [1.807, 2.05) is 36.1 Å². The Labute approximate surface area is 134 Å². The molecule has 0 aliphatic carbocycles. The van der Waals surface area contributed by atoms with Crippen LogP contribution in [0.2, 0.25) is 0 Å². The van der Waals surface area contributed by atoms with E-state index >= 15 is 0 Å². The van der Waals surface area contributed by atoms with Crippen LogP contribution >= 0.6 is 0 Å². The lowest BCUT2D eigenvalue weighted by molar-refractivity contribution is 0.171. The number of benzene rings is 1. The highest BCUT2D eigenvalue weighted by Crippen LogP contribution is 2.33. The molecule has 6 nitrogen and oxygen atoms in total. The highest BCUT2D eigenvalue weighted by molar-refractivity contribution is 5.90. The summed E-state index contributed by atoms with van der Waals surface area (Å²) in [6.07, 6.45) is 2.06. The predicted octanol–water partition coefficient (Wildman–Crippen LogP) is 2.87. The van der Waals surface area contributed by atoms with Crippen LogP contribution in [-0.2, 0) is 6.54 Å². The van der Waals surface area contributed by atoms with E-state index in [2.05, 4.69) is 22.1 Å². The Bertz CT molecular complexity index is 740. The molecule has 1 atom stereocenters. The number of fused-ring (bicyclic) bond motifs is 2. The Kier molecular flexibility index (Phi) is 3.37. The van der Waals surface area contributed by atoms with Crippen molar-refractivity contribution < 1.29 is 14.3 Å². The fourth-order valence-electron chi connectivity index (χ4n) is 3.17. The van der Waals surface area contributed by atoms with Gasteiger partial charge in [-0.05, 0) is 31.2 Å². The summed E-state index contributed by atoms with van der Waals surface area (Å²) in [5.74, 6) is 1.40. The molecule has 0 radical (unpaired) electrons. The summed E-state index contributed by atoms with van der Waals surface area (Å²) >= 11 is 0. The molecule has 6 heteroatoms. The van der Waals surface area contributed by atoms with Gasteiger partial charge < -0.3 is 24.3 Å². The third kappa shape index (κ3) is 2.50.